The number of piperidine rings is 1. The molecule has 1 aliphatic rings. The van der Waals surface area contributed by atoms with Crippen LogP contribution in [-0.2, 0) is 16.6 Å². The maximum Gasteiger partial charge on any atom is 0.211 e. The van der Waals surface area contributed by atoms with E-state index in [0.717, 1.165) is 45.3 Å². The van der Waals surface area contributed by atoms with Crippen molar-refractivity contribution in [1.29, 1.82) is 0 Å². The third-order valence-electron chi connectivity index (χ3n) is 3.64. The fraction of sp³-hybridized carbons (Fsp3) is 0.769. The molecule has 0 spiro atoms. The van der Waals surface area contributed by atoms with E-state index in [1.165, 1.54) is 0 Å². The van der Waals surface area contributed by atoms with Crippen LogP contribution >= 0.6 is 0 Å². The van der Waals surface area contributed by atoms with E-state index < -0.39 is 10.0 Å². The van der Waals surface area contributed by atoms with Crippen molar-refractivity contribution >= 4 is 10.0 Å². The molecule has 0 unspecified atom stereocenters. The summed E-state index contributed by atoms with van der Waals surface area (Å²) in [5.74, 6) is 0.579. The lowest BCUT2D eigenvalue weighted by Gasteiger charge is -2.22. The summed E-state index contributed by atoms with van der Waals surface area (Å²) in [6.45, 7) is 3.29. The molecule has 20 heavy (non-hydrogen) atoms. The highest BCUT2D eigenvalue weighted by Gasteiger charge is 2.20. The van der Waals surface area contributed by atoms with Crippen molar-refractivity contribution in [2.24, 2.45) is 5.92 Å². The lowest BCUT2D eigenvalue weighted by molar-refractivity contribution is 0.400. The molecule has 1 saturated heterocycles. The van der Waals surface area contributed by atoms with E-state index >= 15 is 0 Å². The maximum absolute atomic E-state index is 11.9. The summed E-state index contributed by atoms with van der Waals surface area (Å²) in [5, 5.41) is 3.25. The number of hydrogen-bond donors (Lipinski definition) is 2. The van der Waals surface area contributed by atoms with E-state index in [1.54, 1.807) is 12.5 Å². The monoisotopic (exact) mass is 300 g/mol. The van der Waals surface area contributed by atoms with E-state index in [9.17, 15) is 8.42 Å². The molecule has 0 bridgehead atoms. The van der Waals surface area contributed by atoms with Gasteiger partial charge in [-0.1, -0.05) is 0 Å². The lowest BCUT2D eigenvalue weighted by Crippen LogP contribution is -2.36. The van der Waals surface area contributed by atoms with E-state index in [2.05, 4.69) is 15.0 Å². The van der Waals surface area contributed by atoms with Gasteiger partial charge in [0.15, 0.2) is 0 Å². The minimum absolute atomic E-state index is 0.274. The minimum Gasteiger partial charge on any atom is -0.337 e. The Hall–Kier alpha value is -0.920. The molecule has 1 aliphatic heterocycles. The zero-order chi connectivity index (χ0) is 14.3. The molecule has 0 atom stereocenters. The Morgan fingerprint density at radius 3 is 2.80 bits per heavy atom. The smallest absolute Gasteiger partial charge is 0.211 e. The predicted molar refractivity (Wildman–Crippen MR) is 78.8 cm³/mol. The Kier molecular flexibility index (Phi) is 6.00. The van der Waals surface area contributed by atoms with Crippen LogP contribution in [0.15, 0.2) is 18.7 Å². The van der Waals surface area contributed by atoms with Gasteiger partial charge in [0.25, 0.3) is 0 Å². The van der Waals surface area contributed by atoms with E-state index in [4.69, 9.17) is 0 Å². The molecule has 0 amide bonds. The second-order valence-corrected chi connectivity index (χ2v) is 7.23. The van der Waals surface area contributed by atoms with Gasteiger partial charge in [-0.3, -0.25) is 0 Å². The predicted octanol–water partition coefficient (Wildman–Crippen LogP) is 0.582. The molecular formula is C13H24N4O2S. The molecule has 0 aromatic carbocycles. The number of hydrogen-bond acceptors (Lipinski definition) is 4. The first-order valence-corrected chi connectivity index (χ1v) is 8.95. The summed E-state index contributed by atoms with van der Waals surface area (Å²) < 4.78 is 28.6. The van der Waals surface area contributed by atoms with E-state index in [0.29, 0.717) is 12.5 Å². The Morgan fingerprint density at radius 1 is 1.30 bits per heavy atom. The van der Waals surface area contributed by atoms with Gasteiger partial charge in [0.2, 0.25) is 10.0 Å². The zero-order valence-corrected chi connectivity index (χ0v) is 12.6. The molecule has 1 aromatic rings. The van der Waals surface area contributed by atoms with Crippen molar-refractivity contribution in [1.82, 2.24) is 19.6 Å². The Balaban J connectivity index is 1.59. The fourth-order valence-electron chi connectivity index (χ4n) is 2.48. The third-order valence-corrected chi connectivity index (χ3v) is 5.19. The van der Waals surface area contributed by atoms with Gasteiger partial charge in [-0.2, -0.15) is 0 Å². The topological polar surface area (TPSA) is 76.0 Å². The number of aryl methyl sites for hydroxylation is 1. The van der Waals surface area contributed by atoms with Gasteiger partial charge in [0.1, 0.15) is 0 Å². The number of imidazole rings is 1. The van der Waals surface area contributed by atoms with Gasteiger partial charge in [-0.25, -0.2) is 18.1 Å². The van der Waals surface area contributed by atoms with Crippen LogP contribution in [-0.4, -0.2) is 43.4 Å². The molecule has 2 heterocycles. The highest BCUT2D eigenvalue weighted by Crippen LogP contribution is 2.13. The molecular weight excluding hydrogens is 276 g/mol. The van der Waals surface area contributed by atoms with Crippen molar-refractivity contribution in [2.45, 2.75) is 32.2 Å². The van der Waals surface area contributed by atoms with Crippen LogP contribution in [0.5, 0.6) is 0 Å². The molecule has 0 aliphatic carbocycles. The van der Waals surface area contributed by atoms with Crippen LogP contribution in [0, 0.1) is 5.92 Å². The van der Waals surface area contributed by atoms with Gasteiger partial charge >= 0.3 is 0 Å². The molecule has 1 aromatic heterocycles. The SMILES string of the molecule is O=S(=O)(CC1CCNCC1)NCCCCn1ccnc1. The third kappa shape index (κ3) is 5.60. The number of sulfonamides is 1. The molecule has 1 fully saturated rings. The number of rotatable bonds is 8. The fourth-order valence-corrected chi connectivity index (χ4v) is 4.01. The van der Waals surface area contributed by atoms with Crippen molar-refractivity contribution in [3.05, 3.63) is 18.7 Å². The summed E-state index contributed by atoms with van der Waals surface area (Å²) in [6.07, 6.45) is 9.17. The summed E-state index contributed by atoms with van der Waals surface area (Å²) in [5.41, 5.74) is 0. The summed E-state index contributed by atoms with van der Waals surface area (Å²) in [4.78, 5) is 3.97. The Bertz CT molecular complexity index is 467. The van der Waals surface area contributed by atoms with Crippen LogP contribution in [0.2, 0.25) is 0 Å². The number of aromatic nitrogens is 2. The average molecular weight is 300 g/mol. The maximum atomic E-state index is 11.9. The van der Waals surface area contributed by atoms with Crippen LogP contribution in [0.3, 0.4) is 0 Å². The van der Waals surface area contributed by atoms with E-state index in [1.807, 2.05) is 10.8 Å². The summed E-state index contributed by atoms with van der Waals surface area (Å²) in [6, 6.07) is 0. The van der Waals surface area contributed by atoms with E-state index in [-0.39, 0.29) is 5.75 Å². The summed E-state index contributed by atoms with van der Waals surface area (Å²) >= 11 is 0. The zero-order valence-electron chi connectivity index (χ0n) is 11.8. The van der Waals surface area contributed by atoms with Crippen LogP contribution in [0.4, 0.5) is 0 Å². The average Bonchev–Trinajstić information content (AvgIpc) is 2.92. The van der Waals surface area contributed by atoms with Gasteiger partial charge in [-0.05, 0) is 44.7 Å². The first-order valence-electron chi connectivity index (χ1n) is 7.29. The molecule has 0 saturated carbocycles. The second kappa shape index (κ2) is 7.75. The minimum atomic E-state index is -3.11. The Labute approximate surface area is 121 Å². The molecule has 114 valence electrons. The van der Waals surface area contributed by atoms with Gasteiger partial charge in [-0.15, -0.1) is 0 Å². The molecule has 2 N–H and O–H groups in total. The number of nitrogens with one attached hydrogen (secondary N) is 2. The second-order valence-electron chi connectivity index (χ2n) is 5.38. The van der Waals surface area contributed by atoms with Gasteiger partial charge < -0.3 is 9.88 Å². The lowest BCUT2D eigenvalue weighted by atomic mass is 10.0. The first kappa shape index (κ1) is 15.5. The highest BCUT2D eigenvalue weighted by atomic mass is 32.2. The standard InChI is InChI=1S/C13H24N4O2S/c18-20(19,11-13-3-6-14-7-4-13)16-5-1-2-9-17-10-8-15-12-17/h8,10,12-14,16H,1-7,9,11H2. The molecule has 7 heteroatoms. The summed E-state index contributed by atoms with van der Waals surface area (Å²) in [7, 11) is -3.11. The number of nitrogens with zero attached hydrogens (tertiary/aromatic N) is 2. The van der Waals surface area contributed by atoms with Crippen molar-refractivity contribution in [3.63, 3.8) is 0 Å². The van der Waals surface area contributed by atoms with Crippen molar-refractivity contribution in [3.8, 4) is 0 Å². The number of unbranched alkanes of at least 4 members (excludes halogenated alkanes) is 1. The molecule has 6 nitrogen and oxygen atoms in total. The van der Waals surface area contributed by atoms with Crippen molar-refractivity contribution < 1.29 is 8.42 Å². The van der Waals surface area contributed by atoms with Gasteiger partial charge in [0.05, 0.1) is 12.1 Å². The molecule has 2 rings (SSSR count). The largest absolute Gasteiger partial charge is 0.337 e. The Morgan fingerprint density at radius 2 is 2.10 bits per heavy atom. The van der Waals surface area contributed by atoms with Gasteiger partial charge in [0, 0.05) is 25.5 Å². The molecule has 0 radical (unpaired) electrons. The van der Waals surface area contributed by atoms with Crippen molar-refractivity contribution in [2.75, 3.05) is 25.4 Å². The van der Waals surface area contributed by atoms with Crippen LogP contribution in [0.1, 0.15) is 25.7 Å². The van der Waals surface area contributed by atoms with Crippen LogP contribution in [0.25, 0.3) is 0 Å². The highest BCUT2D eigenvalue weighted by molar-refractivity contribution is 7.89. The normalized spacial score (nSPS) is 17.4. The quantitative estimate of drug-likeness (QED) is 0.689. The van der Waals surface area contributed by atoms with Crippen LogP contribution < -0.4 is 10.0 Å². The first-order chi connectivity index (χ1) is 9.66.